The van der Waals surface area contributed by atoms with E-state index in [1.165, 1.54) is 22.1 Å². The lowest BCUT2D eigenvalue weighted by Gasteiger charge is -2.37. The molecule has 1 fully saturated rings. The molecule has 7 nitrogen and oxygen atoms in total. The van der Waals surface area contributed by atoms with Gasteiger partial charge in [0, 0.05) is 56.9 Å². The molecule has 0 radical (unpaired) electrons. The topological polar surface area (TPSA) is 66.3 Å². The van der Waals surface area contributed by atoms with Gasteiger partial charge < -0.3 is 14.5 Å². The van der Waals surface area contributed by atoms with Crippen LogP contribution in [0.2, 0.25) is 0 Å². The summed E-state index contributed by atoms with van der Waals surface area (Å²) in [7, 11) is 0. The number of rotatable bonds is 6. The molecule has 3 aromatic rings. The summed E-state index contributed by atoms with van der Waals surface area (Å²) in [5.41, 5.74) is 2.50. The van der Waals surface area contributed by atoms with Gasteiger partial charge in [-0.05, 0) is 44.2 Å². The molecule has 1 saturated heterocycles. The number of benzene rings is 1. The third kappa shape index (κ3) is 4.19. The highest BCUT2D eigenvalue weighted by Crippen LogP contribution is 2.25. The summed E-state index contributed by atoms with van der Waals surface area (Å²) < 4.78 is 3.46. The van der Waals surface area contributed by atoms with Gasteiger partial charge in [-0.25, -0.2) is 4.79 Å². The molecule has 29 heavy (non-hydrogen) atoms. The Morgan fingerprint density at radius 2 is 1.59 bits per heavy atom. The van der Waals surface area contributed by atoms with Gasteiger partial charge in [-0.15, -0.1) is 0 Å². The molecule has 0 saturated carbocycles. The van der Waals surface area contributed by atoms with Crippen molar-refractivity contribution in [3.8, 4) is 5.69 Å². The van der Waals surface area contributed by atoms with Gasteiger partial charge in [-0.3, -0.25) is 14.3 Å². The smallest absolute Gasteiger partial charge is 0.328 e. The molecule has 2 aromatic heterocycles. The number of anilines is 1. The van der Waals surface area contributed by atoms with Crippen LogP contribution >= 0.6 is 0 Å². The van der Waals surface area contributed by atoms with Crippen molar-refractivity contribution in [2.24, 2.45) is 0 Å². The maximum Gasteiger partial charge on any atom is 0.328 e. The molecular formula is C22H27N5O2. The molecule has 0 aliphatic carbocycles. The van der Waals surface area contributed by atoms with Gasteiger partial charge >= 0.3 is 5.69 Å². The van der Waals surface area contributed by atoms with E-state index in [1.807, 2.05) is 12.1 Å². The first-order valence-electron chi connectivity index (χ1n) is 10.1. The molecule has 3 heterocycles. The van der Waals surface area contributed by atoms with Crippen molar-refractivity contribution in [3.05, 3.63) is 81.4 Å². The molecule has 4 rings (SSSR count). The standard InChI is InChI=1S/C22H27N5O2/c1-18-17-23-22(29)27(21(18)28)12-6-9-24-13-15-26(16-14-24)20-8-3-2-7-19(20)25-10-4-5-11-25/h2-5,7-8,10-11,17H,6,9,12-16H2,1H3,(H,23,29). The Bertz CT molecular complexity index is 1060. The maximum absolute atomic E-state index is 12.1. The van der Waals surface area contributed by atoms with E-state index in [2.05, 4.69) is 56.0 Å². The molecule has 0 spiro atoms. The van der Waals surface area contributed by atoms with Gasteiger partial charge in [0.15, 0.2) is 0 Å². The summed E-state index contributed by atoms with van der Waals surface area (Å²) in [6.07, 6.45) is 6.41. The van der Waals surface area contributed by atoms with E-state index in [4.69, 9.17) is 0 Å². The van der Waals surface area contributed by atoms with Crippen molar-refractivity contribution in [1.29, 1.82) is 0 Å². The highest BCUT2D eigenvalue weighted by Gasteiger charge is 2.19. The summed E-state index contributed by atoms with van der Waals surface area (Å²) >= 11 is 0. The van der Waals surface area contributed by atoms with Crippen LogP contribution in [0.3, 0.4) is 0 Å². The van der Waals surface area contributed by atoms with Gasteiger partial charge in [0.05, 0.1) is 11.4 Å². The van der Waals surface area contributed by atoms with Gasteiger partial charge in [-0.2, -0.15) is 0 Å². The van der Waals surface area contributed by atoms with E-state index in [1.54, 1.807) is 6.92 Å². The minimum Gasteiger partial charge on any atom is -0.367 e. The first-order valence-corrected chi connectivity index (χ1v) is 10.1. The largest absolute Gasteiger partial charge is 0.367 e. The Labute approximate surface area is 169 Å². The maximum atomic E-state index is 12.1. The zero-order valence-electron chi connectivity index (χ0n) is 16.8. The van der Waals surface area contributed by atoms with E-state index >= 15 is 0 Å². The van der Waals surface area contributed by atoms with Crippen LogP contribution in [0, 0.1) is 6.92 Å². The third-order valence-corrected chi connectivity index (χ3v) is 5.57. The van der Waals surface area contributed by atoms with Gasteiger partial charge in [0.25, 0.3) is 5.56 Å². The lowest BCUT2D eigenvalue weighted by Crippen LogP contribution is -2.47. The lowest BCUT2D eigenvalue weighted by atomic mass is 10.2. The summed E-state index contributed by atoms with van der Waals surface area (Å²) in [6.45, 7) is 6.92. The van der Waals surface area contributed by atoms with Crippen LogP contribution < -0.4 is 16.1 Å². The van der Waals surface area contributed by atoms with Crippen molar-refractivity contribution < 1.29 is 0 Å². The number of aromatic nitrogens is 3. The molecule has 0 atom stereocenters. The number of nitrogens with one attached hydrogen (secondary N) is 1. The number of aromatic amines is 1. The zero-order valence-corrected chi connectivity index (χ0v) is 16.8. The van der Waals surface area contributed by atoms with Crippen LogP contribution in [-0.2, 0) is 6.54 Å². The molecule has 0 bridgehead atoms. The minimum atomic E-state index is -0.327. The quantitative estimate of drug-likeness (QED) is 0.694. The molecule has 7 heteroatoms. The molecule has 0 amide bonds. The average Bonchev–Trinajstić information content (AvgIpc) is 3.29. The Morgan fingerprint density at radius 1 is 0.897 bits per heavy atom. The number of hydrogen-bond donors (Lipinski definition) is 1. The van der Waals surface area contributed by atoms with Crippen molar-refractivity contribution in [1.82, 2.24) is 19.0 Å². The number of para-hydroxylation sites is 2. The molecule has 1 N–H and O–H groups in total. The van der Waals surface area contributed by atoms with Gasteiger partial charge in [0.1, 0.15) is 0 Å². The molecule has 0 unspecified atom stereocenters. The van der Waals surface area contributed by atoms with E-state index in [-0.39, 0.29) is 11.2 Å². The molecular weight excluding hydrogens is 366 g/mol. The van der Waals surface area contributed by atoms with E-state index < -0.39 is 0 Å². The van der Waals surface area contributed by atoms with Crippen molar-refractivity contribution >= 4 is 5.69 Å². The van der Waals surface area contributed by atoms with Crippen LogP contribution in [0.15, 0.2) is 64.6 Å². The number of aryl methyl sites for hydroxylation is 1. The SMILES string of the molecule is Cc1c[nH]c(=O)n(CCCN2CCN(c3ccccc3-n3cccc3)CC2)c1=O. The van der Waals surface area contributed by atoms with Crippen LogP contribution in [-0.4, -0.2) is 51.7 Å². The fourth-order valence-electron chi connectivity index (χ4n) is 3.93. The van der Waals surface area contributed by atoms with Crippen LogP contribution in [0.25, 0.3) is 5.69 Å². The highest BCUT2D eigenvalue weighted by atomic mass is 16.2. The highest BCUT2D eigenvalue weighted by molar-refractivity contribution is 5.63. The lowest BCUT2D eigenvalue weighted by molar-refractivity contribution is 0.249. The third-order valence-electron chi connectivity index (χ3n) is 5.57. The van der Waals surface area contributed by atoms with E-state index in [0.29, 0.717) is 12.1 Å². The molecule has 1 aromatic carbocycles. The van der Waals surface area contributed by atoms with Crippen molar-refractivity contribution in [2.45, 2.75) is 19.9 Å². The number of hydrogen-bond acceptors (Lipinski definition) is 4. The van der Waals surface area contributed by atoms with Gasteiger partial charge in [-0.1, -0.05) is 12.1 Å². The Balaban J connectivity index is 1.34. The van der Waals surface area contributed by atoms with Crippen LogP contribution in [0.1, 0.15) is 12.0 Å². The molecule has 1 aliphatic heterocycles. The second kappa shape index (κ2) is 8.53. The van der Waals surface area contributed by atoms with Crippen LogP contribution in [0.4, 0.5) is 5.69 Å². The predicted molar refractivity (Wildman–Crippen MR) is 115 cm³/mol. The molecule has 152 valence electrons. The van der Waals surface area contributed by atoms with E-state index in [0.717, 1.165) is 39.1 Å². The molecule has 1 aliphatic rings. The summed E-state index contributed by atoms with van der Waals surface area (Å²) in [5.74, 6) is 0. The summed E-state index contributed by atoms with van der Waals surface area (Å²) in [5, 5.41) is 0. The Hall–Kier alpha value is -3.06. The number of nitrogens with zero attached hydrogens (tertiary/aromatic N) is 4. The first-order chi connectivity index (χ1) is 14.1. The Kier molecular flexibility index (Phi) is 5.67. The fraction of sp³-hybridized carbons (Fsp3) is 0.364. The average molecular weight is 393 g/mol. The predicted octanol–water partition coefficient (Wildman–Crippen LogP) is 1.85. The first kappa shape index (κ1) is 19.3. The monoisotopic (exact) mass is 393 g/mol. The summed E-state index contributed by atoms with van der Waals surface area (Å²) in [6, 6.07) is 12.6. The van der Waals surface area contributed by atoms with E-state index in [9.17, 15) is 9.59 Å². The normalized spacial score (nSPS) is 15.0. The van der Waals surface area contributed by atoms with Gasteiger partial charge in [0.2, 0.25) is 0 Å². The number of H-pyrrole nitrogens is 1. The second-order valence-electron chi connectivity index (χ2n) is 7.49. The minimum absolute atomic E-state index is 0.194. The fourth-order valence-corrected chi connectivity index (χ4v) is 3.93. The van der Waals surface area contributed by atoms with Crippen molar-refractivity contribution in [2.75, 3.05) is 37.6 Å². The summed E-state index contributed by atoms with van der Waals surface area (Å²) in [4.78, 5) is 31.5. The van der Waals surface area contributed by atoms with Crippen LogP contribution in [0.5, 0.6) is 0 Å². The zero-order chi connectivity index (χ0) is 20.2. The van der Waals surface area contributed by atoms with Crippen molar-refractivity contribution in [3.63, 3.8) is 0 Å². The second-order valence-corrected chi connectivity index (χ2v) is 7.49. The number of piperazine rings is 1. The Morgan fingerprint density at radius 3 is 2.31 bits per heavy atom.